The van der Waals surface area contributed by atoms with Crippen molar-refractivity contribution < 1.29 is 23.0 Å². The number of hydrogen-bond donors (Lipinski definition) is 2. The molecule has 0 spiro atoms. The first-order valence-corrected chi connectivity index (χ1v) is 6.13. The van der Waals surface area contributed by atoms with Gasteiger partial charge in [0.05, 0.1) is 18.8 Å². The third-order valence-electron chi connectivity index (χ3n) is 2.29. The van der Waals surface area contributed by atoms with Crippen LogP contribution < -0.4 is 15.4 Å². The SMILES string of the molecule is COCCNCC(=O)Nc1ccccc1OCC(F)F. The van der Waals surface area contributed by atoms with Gasteiger partial charge >= 0.3 is 0 Å². The molecule has 0 atom stereocenters. The van der Waals surface area contributed by atoms with E-state index >= 15 is 0 Å². The molecule has 1 amide bonds. The smallest absolute Gasteiger partial charge is 0.272 e. The molecule has 1 aromatic carbocycles. The van der Waals surface area contributed by atoms with Crippen molar-refractivity contribution in [1.29, 1.82) is 0 Å². The summed E-state index contributed by atoms with van der Waals surface area (Å²) in [6.45, 7) is 0.445. The van der Waals surface area contributed by atoms with E-state index in [1.807, 2.05) is 0 Å². The molecule has 0 bridgehead atoms. The van der Waals surface area contributed by atoms with Gasteiger partial charge < -0.3 is 20.1 Å². The van der Waals surface area contributed by atoms with Crippen LogP contribution in [-0.4, -0.2) is 45.7 Å². The van der Waals surface area contributed by atoms with Crippen LogP contribution in [0.25, 0.3) is 0 Å². The summed E-state index contributed by atoms with van der Waals surface area (Å²) in [7, 11) is 1.57. The topological polar surface area (TPSA) is 59.6 Å². The number of halogens is 2. The van der Waals surface area contributed by atoms with Crippen LogP contribution in [0.5, 0.6) is 5.75 Å². The van der Waals surface area contributed by atoms with Crippen molar-refractivity contribution in [2.75, 3.05) is 38.7 Å². The molecule has 0 radical (unpaired) electrons. The maximum atomic E-state index is 12.1. The zero-order valence-corrected chi connectivity index (χ0v) is 11.2. The summed E-state index contributed by atoms with van der Waals surface area (Å²) in [6.07, 6.45) is -2.56. The number of anilines is 1. The van der Waals surface area contributed by atoms with Gasteiger partial charge in [0.1, 0.15) is 12.4 Å². The van der Waals surface area contributed by atoms with Gasteiger partial charge in [-0.05, 0) is 12.1 Å². The van der Waals surface area contributed by atoms with E-state index in [-0.39, 0.29) is 18.2 Å². The third-order valence-corrected chi connectivity index (χ3v) is 2.29. The first-order valence-electron chi connectivity index (χ1n) is 6.13. The summed E-state index contributed by atoms with van der Waals surface area (Å²) < 4.78 is 34.0. The molecule has 0 aliphatic carbocycles. The largest absolute Gasteiger partial charge is 0.485 e. The van der Waals surface area contributed by atoms with Crippen LogP contribution in [0, 0.1) is 0 Å². The normalized spacial score (nSPS) is 10.6. The van der Waals surface area contributed by atoms with Gasteiger partial charge in [-0.25, -0.2) is 8.78 Å². The van der Waals surface area contributed by atoms with Crippen LogP contribution in [0.1, 0.15) is 0 Å². The molecule has 0 saturated heterocycles. The van der Waals surface area contributed by atoms with E-state index in [2.05, 4.69) is 10.6 Å². The molecular formula is C13H18F2N2O3. The van der Waals surface area contributed by atoms with E-state index in [1.165, 1.54) is 6.07 Å². The predicted octanol–water partition coefficient (Wildman–Crippen LogP) is 1.50. The van der Waals surface area contributed by atoms with Crippen LogP contribution in [-0.2, 0) is 9.53 Å². The van der Waals surface area contributed by atoms with E-state index in [9.17, 15) is 13.6 Å². The molecule has 0 aliphatic rings. The van der Waals surface area contributed by atoms with E-state index in [0.29, 0.717) is 18.8 Å². The molecule has 5 nitrogen and oxygen atoms in total. The van der Waals surface area contributed by atoms with E-state index in [1.54, 1.807) is 25.3 Å². The van der Waals surface area contributed by atoms with Gasteiger partial charge in [0, 0.05) is 13.7 Å². The zero-order valence-electron chi connectivity index (χ0n) is 11.2. The lowest BCUT2D eigenvalue weighted by atomic mass is 10.3. The second kappa shape index (κ2) is 9.22. The molecule has 2 N–H and O–H groups in total. The lowest BCUT2D eigenvalue weighted by molar-refractivity contribution is -0.115. The van der Waals surface area contributed by atoms with Gasteiger partial charge in [-0.15, -0.1) is 0 Å². The highest BCUT2D eigenvalue weighted by Crippen LogP contribution is 2.23. The summed E-state index contributed by atoms with van der Waals surface area (Å²) >= 11 is 0. The van der Waals surface area contributed by atoms with Crippen molar-refractivity contribution in [1.82, 2.24) is 5.32 Å². The van der Waals surface area contributed by atoms with E-state index < -0.39 is 13.0 Å². The average molecular weight is 288 g/mol. The number of para-hydroxylation sites is 2. The molecule has 1 rings (SSSR count). The van der Waals surface area contributed by atoms with Gasteiger partial charge in [-0.1, -0.05) is 12.1 Å². The maximum absolute atomic E-state index is 12.1. The van der Waals surface area contributed by atoms with Crippen LogP contribution in [0.3, 0.4) is 0 Å². The number of amides is 1. The number of hydrogen-bond acceptors (Lipinski definition) is 4. The Hall–Kier alpha value is -1.73. The molecular weight excluding hydrogens is 270 g/mol. The number of rotatable bonds is 9. The van der Waals surface area contributed by atoms with Crippen molar-refractivity contribution in [3.05, 3.63) is 24.3 Å². The summed E-state index contributed by atoms with van der Waals surface area (Å²) in [5.41, 5.74) is 0.367. The molecule has 0 heterocycles. The monoisotopic (exact) mass is 288 g/mol. The fourth-order valence-electron chi connectivity index (χ4n) is 1.42. The Labute approximate surface area is 116 Å². The number of benzene rings is 1. The maximum Gasteiger partial charge on any atom is 0.272 e. The number of methoxy groups -OCH3 is 1. The number of carbonyl (C=O) groups excluding carboxylic acids is 1. The van der Waals surface area contributed by atoms with Crippen LogP contribution >= 0.6 is 0 Å². The van der Waals surface area contributed by atoms with E-state index in [4.69, 9.17) is 9.47 Å². The summed E-state index contributed by atoms with van der Waals surface area (Å²) in [6, 6.07) is 6.45. The Morgan fingerprint density at radius 3 is 2.80 bits per heavy atom. The van der Waals surface area contributed by atoms with Crippen molar-refractivity contribution in [3.63, 3.8) is 0 Å². The number of carbonyl (C=O) groups is 1. The lowest BCUT2D eigenvalue weighted by Gasteiger charge is -2.12. The Morgan fingerprint density at radius 2 is 2.10 bits per heavy atom. The highest BCUT2D eigenvalue weighted by atomic mass is 19.3. The molecule has 1 aromatic rings. The third kappa shape index (κ3) is 6.44. The number of nitrogens with one attached hydrogen (secondary N) is 2. The Bertz CT molecular complexity index is 416. The zero-order chi connectivity index (χ0) is 14.8. The minimum atomic E-state index is -2.56. The van der Waals surface area contributed by atoms with Crippen LogP contribution in [0.4, 0.5) is 14.5 Å². The molecule has 0 fully saturated rings. The molecule has 0 aromatic heterocycles. The van der Waals surface area contributed by atoms with Crippen molar-refractivity contribution in [2.24, 2.45) is 0 Å². The molecule has 0 aliphatic heterocycles. The molecule has 0 saturated carbocycles. The summed E-state index contributed by atoms with van der Waals surface area (Å²) in [4.78, 5) is 11.6. The Balaban J connectivity index is 2.47. The first kappa shape index (κ1) is 16.3. The van der Waals surface area contributed by atoms with Gasteiger partial charge in [-0.3, -0.25) is 4.79 Å². The van der Waals surface area contributed by atoms with Gasteiger partial charge in [0.2, 0.25) is 5.91 Å². The summed E-state index contributed by atoms with van der Waals surface area (Å²) in [5.74, 6) is -0.0627. The second-order valence-corrected chi connectivity index (χ2v) is 3.92. The average Bonchev–Trinajstić information content (AvgIpc) is 2.42. The first-order chi connectivity index (χ1) is 9.63. The highest BCUT2D eigenvalue weighted by Gasteiger charge is 2.09. The lowest BCUT2D eigenvalue weighted by Crippen LogP contribution is -2.30. The molecule has 0 unspecified atom stereocenters. The fraction of sp³-hybridized carbons (Fsp3) is 0.462. The highest BCUT2D eigenvalue weighted by molar-refractivity contribution is 5.93. The van der Waals surface area contributed by atoms with Crippen LogP contribution in [0.15, 0.2) is 24.3 Å². The summed E-state index contributed by atoms with van der Waals surface area (Å²) in [5, 5.41) is 5.48. The second-order valence-electron chi connectivity index (χ2n) is 3.92. The number of ether oxygens (including phenoxy) is 2. The van der Waals surface area contributed by atoms with Gasteiger partial charge in [-0.2, -0.15) is 0 Å². The minimum Gasteiger partial charge on any atom is -0.485 e. The fourth-order valence-corrected chi connectivity index (χ4v) is 1.42. The van der Waals surface area contributed by atoms with E-state index in [0.717, 1.165) is 0 Å². The Morgan fingerprint density at radius 1 is 1.35 bits per heavy atom. The number of alkyl halides is 2. The van der Waals surface area contributed by atoms with Crippen LogP contribution in [0.2, 0.25) is 0 Å². The van der Waals surface area contributed by atoms with Gasteiger partial charge in [0.15, 0.2) is 0 Å². The molecule has 7 heteroatoms. The minimum absolute atomic E-state index is 0.104. The molecule has 112 valence electrons. The van der Waals surface area contributed by atoms with Gasteiger partial charge in [0.25, 0.3) is 6.43 Å². The van der Waals surface area contributed by atoms with Crippen molar-refractivity contribution >= 4 is 11.6 Å². The standard InChI is InChI=1S/C13H18F2N2O3/c1-19-7-6-16-8-13(18)17-10-4-2-3-5-11(10)20-9-12(14)15/h2-5,12,16H,6-9H2,1H3,(H,17,18). The Kier molecular flexibility index (Phi) is 7.52. The molecule has 20 heavy (non-hydrogen) atoms. The predicted molar refractivity (Wildman–Crippen MR) is 71.3 cm³/mol. The van der Waals surface area contributed by atoms with Crippen molar-refractivity contribution in [3.8, 4) is 5.75 Å². The quantitative estimate of drug-likeness (QED) is 0.676. The van der Waals surface area contributed by atoms with Crippen molar-refractivity contribution in [2.45, 2.75) is 6.43 Å².